The van der Waals surface area contributed by atoms with Crippen molar-refractivity contribution in [3.05, 3.63) is 29.8 Å². The molecule has 7 heteroatoms. The van der Waals surface area contributed by atoms with Gasteiger partial charge >= 0.3 is 0 Å². The Kier molecular flexibility index (Phi) is 4.46. The first-order valence-corrected chi connectivity index (χ1v) is 9.13. The van der Waals surface area contributed by atoms with Crippen molar-refractivity contribution in [1.82, 2.24) is 4.31 Å². The van der Waals surface area contributed by atoms with Crippen molar-refractivity contribution in [3.8, 4) is 0 Å². The maximum Gasteiger partial charge on any atom is 0.238 e. The van der Waals surface area contributed by atoms with E-state index in [9.17, 15) is 13.2 Å². The summed E-state index contributed by atoms with van der Waals surface area (Å²) in [6.07, 6.45) is 2.13. The number of para-hydroxylation sites is 1. The molecular formula is C15H20N2O4S. The lowest BCUT2D eigenvalue weighted by molar-refractivity contribution is -0.118. The first-order valence-electron chi connectivity index (χ1n) is 7.52. The van der Waals surface area contributed by atoms with Crippen LogP contribution in [0.1, 0.15) is 18.4 Å². The third-order valence-corrected chi connectivity index (χ3v) is 5.71. The molecule has 1 aromatic rings. The topological polar surface area (TPSA) is 66.9 Å². The second-order valence-electron chi connectivity index (χ2n) is 5.56. The largest absolute Gasteiger partial charge is 0.363 e. The summed E-state index contributed by atoms with van der Waals surface area (Å²) in [6.45, 7) is 1.64. The molecular weight excluding hydrogens is 304 g/mol. The molecule has 0 N–H and O–H groups in total. The summed E-state index contributed by atoms with van der Waals surface area (Å²) in [5.74, 6) is -0.304. The molecule has 1 aromatic carbocycles. The van der Waals surface area contributed by atoms with Gasteiger partial charge in [0.1, 0.15) is 0 Å². The molecule has 2 heterocycles. The summed E-state index contributed by atoms with van der Waals surface area (Å²) in [5.41, 5.74) is 2.14. The smallest absolute Gasteiger partial charge is 0.238 e. The molecule has 22 heavy (non-hydrogen) atoms. The van der Waals surface area contributed by atoms with Crippen LogP contribution in [-0.2, 0) is 26.0 Å². The number of carbonyl (C=O) groups excluding carboxylic acids is 1. The van der Waals surface area contributed by atoms with Crippen LogP contribution in [0.2, 0.25) is 0 Å². The number of benzene rings is 1. The minimum atomic E-state index is -3.37. The van der Waals surface area contributed by atoms with Gasteiger partial charge in [0.05, 0.1) is 6.61 Å². The van der Waals surface area contributed by atoms with Gasteiger partial charge in [0.2, 0.25) is 15.9 Å². The van der Waals surface area contributed by atoms with Gasteiger partial charge in [-0.2, -0.15) is 4.31 Å². The quantitative estimate of drug-likeness (QED) is 0.831. The second kappa shape index (κ2) is 6.36. The predicted molar refractivity (Wildman–Crippen MR) is 83.0 cm³/mol. The lowest BCUT2D eigenvalue weighted by atomic mass is 10.0. The van der Waals surface area contributed by atoms with Gasteiger partial charge < -0.3 is 9.64 Å². The van der Waals surface area contributed by atoms with Gasteiger partial charge in [-0.25, -0.2) is 8.42 Å². The zero-order valence-corrected chi connectivity index (χ0v) is 13.2. The highest BCUT2D eigenvalue weighted by Crippen LogP contribution is 2.27. The van der Waals surface area contributed by atoms with Gasteiger partial charge in [-0.3, -0.25) is 4.79 Å². The third-order valence-electron chi connectivity index (χ3n) is 4.10. The lowest BCUT2D eigenvalue weighted by Crippen LogP contribution is -2.44. The average Bonchev–Trinajstić information content (AvgIpc) is 2.52. The highest BCUT2D eigenvalue weighted by molar-refractivity contribution is 7.88. The van der Waals surface area contributed by atoms with E-state index in [1.54, 1.807) is 4.90 Å². The highest BCUT2D eigenvalue weighted by Gasteiger charge is 2.28. The van der Waals surface area contributed by atoms with E-state index in [1.807, 2.05) is 24.3 Å². The van der Waals surface area contributed by atoms with Crippen molar-refractivity contribution in [2.24, 2.45) is 0 Å². The van der Waals surface area contributed by atoms with Gasteiger partial charge in [0.15, 0.2) is 5.94 Å². The van der Waals surface area contributed by atoms with Crippen LogP contribution in [0.4, 0.5) is 5.69 Å². The number of hydrogen-bond acceptors (Lipinski definition) is 4. The fourth-order valence-corrected chi connectivity index (χ4v) is 4.14. The van der Waals surface area contributed by atoms with E-state index in [0.29, 0.717) is 19.7 Å². The standard InChI is InChI=1S/C15H20N2O4S/c18-15(7-9-16-10-11-21-12-22(16,19)20)17-8-3-5-13-4-1-2-6-14(13)17/h1-2,4,6H,3,5,7-12H2. The summed E-state index contributed by atoms with van der Waals surface area (Å²) < 4.78 is 30.0. The van der Waals surface area contributed by atoms with E-state index >= 15 is 0 Å². The molecule has 2 aliphatic heterocycles. The van der Waals surface area contributed by atoms with Gasteiger partial charge in [-0.15, -0.1) is 0 Å². The van der Waals surface area contributed by atoms with E-state index in [2.05, 4.69) is 0 Å². The molecule has 3 rings (SSSR count). The maximum atomic E-state index is 12.5. The zero-order valence-electron chi connectivity index (χ0n) is 12.4. The van der Waals surface area contributed by atoms with Gasteiger partial charge in [0, 0.05) is 31.7 Å². The number of fused-ring (bicyclic) bond motifs is 1. The fraction of sp³-hybridized carbons (Fsp3) is 0.533. The van der Waals surface area contributed by atoms with Crippen LogP contribution < -0.4 is 4.90 Å². The maximum absolute atomic E-state index is 12.5. The highest BCUT2D eigenvalue weighted by atomic mass is 32.2. The number of nitrogens with zero attached hydrogens (tertiary/aromatic N) is 2. The molecule has 1 fully saturated rings. The molecule has 120 valence electrons. The molecule has 0 atom stereocenters. The SMILES string of the molecule is O=C(CCN1CCOCS1(=O)=O)N1CCCc2ccccc21. The Bertz CT molecular complexity index is 659. The van der Waals surface area contributed by atoms with E-state index in [0.717, 1.165) is 18.5 Å². The molecule has 0 bridgehead atoms. The number of hydrogen-bond donors (Lipinski definition) is 0. The van der Waals surface area contributed by atoms with Crippen molar-refractivity contribution in [3.63, 3.8) is 0 Å². The van der Waals surface area contributed by atoms with E-state index in [4.69, 9.17) is 4.74 Å². The Labute approximate surface area is 130 Å². The van der Waals surface area contributed by atoms with E-state index in [-0.39, 0.29) is 24.8 Å². The normalized spacial score (nSPS) is 21.4. The molecule has 6 nitrogen and oxygen atoms in total. The minimum absolute atomic E-state index is 0.0196. The zero-order chi connectivity index (χ0) is 15.6. The first kappa shape index (κ1) is 15.5. The van der Waals surface area contributed by atoms with Crippen LogP contribution in [-0.4, -0.2) is 50.8 Å². The Morgan fingerprint density at radius 2 is 2.05 bits per heavy atom. The monoisotopic (exact) mass is 324 g/mol. The second-order valence-corrected chi connectivity index (χ2v) is 7.48. The Morgan fingerprint density at radius 3 is 2.86 bits per heavy atom. The summed E-state index contributed by atoms with van der Waals surface area (Å²) >= 11 is 0. The Morgan fingerprint density at radius 1 is 1.23 bits per heavy atom. The molecule has 0 aliphatic carbocycles. The van der Waals surface area contributed by atoms with Crippen LogP contribution >= 0.6 is 0 Å². The molecule has 0 saturated carbocycles. The summed E-state index contributed by atoms with van der Waals surface area (Å²) in [7, 11) is -3.37. The predicted octanol–water partition coefficient (Wildman–Crippen LogP) is 0.975. The van der Waals surface area contributed by atoms with Crippen LogP contribution in [0, 0.1) is 0 Å². The molecule has 1 amide bonds. The van der Waals surface area contributed by atoms with Crippen molar-refractivity contribution >= 4 is 21.6 Å². The van der Waals surface area contributed by atoms with E-state index in [1.165, 1.54) is 9.87 Å². The van der Waals surface area contributed by atoms with Gasteiger partial charge in [0.25, 0.3) is 0 Å². The van der Waals surface area contributed by atoms with Crippen LogP contribution in [0.3, 0.4) is 0 Å². The Balaban J connectivity index is 1.66. The van der Waals surface area contributed by atoms with Crippen molar-refractivity contribution < 1.29 is 17.9 Å². The number of amides is 1. The molecule has 1 saturated heterocycles. The lowest BCUT2D eigenvalue weighted by Gasteiger charge is -2.31. The van der Waals surface area contributed by atoms with E-state index < -0.39 is 10.0 Å². The fourth-order valence-electron chi connectivity index (χ4n) is 2.94. The molecule has 0 spiro atoms. The average molecular weight is 324 g/mol. The number of sulfonamides is 1. The minimum Gasteiger partial charge on any atom is -0.363 e. The number of ether oxygens (including phenoxy) is 1. The molecule has 2 aliphatic rings. The van der Waals surface area contributed by atoms with Gasteiger partial charge in [-0.1, -0.05) is 18.2 Å². The summed E-state index contributed by atoms with van der Waals surface area (Å²) in [4.78, 5) is 14.3. The third kappa shape index (κ3) is 3.16. The van der Waals surface area contributed by atoms with Crippen molar-refractivity contribution in [2.45, 2.75) is 19.3 Å². The molecule has 0 radical (unpaired) electrons. The number of aryl methyl sites for hydroxylation is 1. The molecule has 0 unspecified atom stereocenters. The van der Waals surface area contributed by atoms with Crippen LogP contribution in [0.25, 0.3) is 0 Å². The van der Waals surface area contributed by atoms with Crippen molar-refractivity contribution in [2.75, 3.05) is 37.1 Å². The number of anilines is 1. The van der Waals surface area contributed by atoms with Crippen LogP contribution in [0.15, 0.2) is 24.3 Å². The summed E-state index contributed by atoms with van der Waals surface area (Å²) in [6, 6.07) is 7.91. The molecule has 0 aromatic heterocycles. The number of rotatable bonds is 3. The van der Waals surface area contributed by atoms with Gasteiger partial charge in [-0.05, 0) is 24.5 Å². The Hall–Kier alpha value is -1.44. The van der Waals surface area contributed by atoms with Crippen LogP contribution in [0.5, 0.6) is 0 Å². The van der Waals surface area contributed by atoms with Crippen molar-refractivity contribution in [1.29, 1.82) is 0 Å². The first-order chi connectivity index (χ1) is 10.6. The number of carbonyl (C=O) groups is 1. The summed E-state index contributed by atoms with van der Waals surface area (Å²) in [5, 5.41) is 0.